The zero-order valence-corrected chi connectivity index (χ0v) is 42.3. The van der Waals surface area contributed by atoms with E-state index in [0.717, 1.165) is 55.2 Å². The monoisotopic (exact) mass is 1030 g/mol. The van der Waals surface area contributed by atoms with Crippen LogP contribution in [-0.2, 0) is 46.3 Å². The van der Waals surface area contributed by atoms with Gasteiger partial charge in [-0.3, -0.25) is 23.2 Å². The van der Waals surface area contributed by atoms with Crippen LogP contribution in [0.4, 0.5) is 5.82 Å². The molecule has 21 nitrogen and oxygen atoms in total. The lowest BCUT2D eigenvalue weighted by molar-refractivity contribution is -0.161. The van der Waals surface area contributed by atoms with E-state index in [1.165, 1.54) is 43.9 Å². The van der Waals surface area contributed by atoms with Gasteiger partial charge in [0.25, 0.3) is 0 Å². The van der Waals surface area contributed by atoms with E-state index >= 15 is 0 Å². The quantitative estimate of drug-likeness (QED) is 0.0126. The van der Waals surface area contributed by atoms with Crippen LogP contribution in [0.1, 0.15) is 130 Å². The minimum atomic E-state index is -5.50. The minimum absolute atomic E-state index is 0.00591. The fourth-order valence-electron chi connectivity index (χ4n) is 6.75. The lowest BCUT2D eigenvalue weighted by Crippen LogP contribution is -2.36. The summed E-state index contributed by atoms with van der Waals surface area (Å²) in [5, 5.41) is 51.4. The summed E-state index contributed by atoms with van der Waals surface area (Å²) < 4.78 is 56.4. The highest BCUT2D eigenvalue weighted by atomic mass is 31.3. The number of nitrogens with two attached hydrogens (primary N) is 1. The van der Waals surface area contributed by atoms with Gasteiger partial charge in [-0.15, -0.1) is 0 Å². The summed E-state index contributed by atoms with van der Waals surface area (Å²) in [6, 6.07) is 1.22. The molecule has 398 valence electrons. The van der Waals surface area contributed by atoms with Crippen LogP contribution >= 0.6 is 15.6 Å². The molecule has 0 aromatic carbocycles. The number of phosphoric acid groups is 2. The van der Waals surface area contributed by atoms with Crippen LogP contribution in [0.2, 0.25) is 0 Å². The minimum Gasteiger partial charge on any atom is -0.462 e. The standard InChI is InChI=1S/C47H77N3O18P2/c1-4-6-17-24-36(51)25-19-14-11-12-15-20-26-38(52)39(53)27-22-29-42(54)63-32-37(66-43(55)28-21-16-10-8-7-9-13-18-23-35(3)5-2)33-64-69(59,60)68-70(61,62)65-34-40-44(56)45(57)46(67-40)50-31-30-41(48)49-47(50)58/h6,11-12,14-15,17,19-20,25-26,30-31,35-40,44-46,51-53,56-57H,4-5,7-10,13,16,18,21-24,27-29,32-34H2,1-3H3,(H,59,60)(H,61,62)(H2,48,49,58)/b14-11+,15-12-,17-6-,25-19+,26-20-/t35?,36-,37-,38+,39+,40-,44-,45-,46-/m1/s1. The lowest BCUT2D eigenvalue weighted by atomic mass is 9.99. The van der Waals surface area contributed by atoms with Crippen LogP contribution in [0.5, 0.6) is 0 Å². The van der Waals surface area contributed by atoms with Gasteiger partial charge in [-0.25, -0.2) is 13.9 Å². The van der Waals surface area contributed by atoms with Crippen molar-refractivity contribution in [3.05, 3.63) is 83.5 Å². The van der Waals surface area contributed by atoms with Crippen molar-refractivity contribution in [2.24, 2.45) is 5.92 Å². The lowest BCUT2D eigenvalue weighted by Gasteiger charge is -2.21. The highest BCUT2D eigenvalue weighted by Gasteiger charge is 2.46. The number of ether oxygens (including phenoxy) is 3. The normalized spacial score (nSPS) is 21.6. The Kier molecular flexibility index (Phi) is 30.9. The van der Waals surface area contributed by atoms with Gasteiger partial charge in [-0.05, 0) is 44.1 Å². The topological polar surface area (TPSA) is 326 Å². The second-order valence-electron chi connectivity index (χ2n) is 17.0. The summed E-state index contributed by atoms with van der Waals surface area (Å²) in [5.74, 6) is -0.921. The summed E-state index contributed by atoms with van der Waals surface area (Å²) in [6.45, 7) is 3.86. The molecule has 0 bridgehead atoms. The molecule has 1 aromatic heterocycles. The Bertz CT molecular complexity index is 1980. The number of hydrogen-bond acceptors (Lipinski definition) is 18. The predicted octanol–water partition coefficient (Wildman–Crippen LogP) is 5.93. The van der Waals surface area contributed by atoms with Gasteiger partial charge < -0.3 is 55.3 Å². The van der Waals surface area contributed by atoms with Gasteiger partial charge in [-0.1, -0.05) is 139 Å². The van der Waals surface area contributed by atoms with Gasteiger partial charge in [0.15, 0.2) is 12.3 Å². The maximum absolute atomic E-state index is 12.8. The first-order valence-electron chi connectivity index (χ1n) is 24.0. The smallest absolute Gasteiger partial charge is 0.462 e. The average Bonchev–Trinajstić information content (AvgIpc) is 3.58. The van der Waals surface area contributed by atoms with Crippen LogP contribution in [0, 0.1) is 5.92 Å². The first kappa shape index (κ1) is 62.5. The number of carbonyl (C=O) groups is 2. The van der Waals surface area contributed by atoms with Crippen molar-refractivity contribution in [1.82, 2.24) is 9.55 Å². The Balaban J connectivity index is 1.91. The fraction of sp³-hybridized carbons (Fsp3) is 0.660. The molecule has 0 amide bonds. The van der Waals surface area contributed by atoms with Crippen LogP contribution in [0.15, 0.2) is 77.8 Å². The van der Waals surface area contributed by atoms with E-state index < -0.39 is 102 Å². The molecule has 1 fully saturated rings. The molecule has 23 heteroatoms. The second kappa shape index (κ2) is 34.7. The number of anilines is 1. The molecule has 1 saturated heterocycles. The van der Waals surface area contributed by atoms with Crippen molar-refractivity contribution in [3.8, 4) is 0 Å². The first-order chi connectivity index (χ1) is 33.3. The van der Waals surface area contributed by atoms with Crippen LogP contribution in [0.3, 0.4) is 0 Å². The molecule has 0 aliphatic carbocycles. The molecule has 1 aliphatic heterocycles. The highest BCUT2D eigenvalue weighted by Crippen LogP contribution is 2.60. The van der Waals surface area contributed by atoms with E-state index in [4.69, 9.17) is 29.0 Å². The van der Waals surface area contributed by atoms with Gasteiger partial charge in [0.2, 0.25) is 0 Å². The largest absolute Gasteiger partial charge is 0.481 e. The number of esters is 2. The molecule has 1 aliphatic rings. The van der Waals surface area contributed by atoms with E-state index in [0.29, 0.717) is 12.8 Å². The number of hydrogen-bond donors (Lipinski definition) is 8. The number of rotatable bonds is 37. The molecule has 0 radical (unpaired) electrons. The Morgan fingerprint density at radius 3 is 2.09 bits per heavy atom. The second-order valence-corrected chi connectivity index (χ2v) is 20.1. The van der Waals surface area contributed by atoms with Crippen molar-refractivity contribution in [1.29, 1.82) is 0 Å². The Morgan fingerprint density at radius 1 is 0.814 bits per heavy atom. The highest BCUT2D eigenvalue weighted by molar-refractivity contribution is 7.61. The summed E-state index contributed by atoms with van der Waals surface area (Å²) in [5.41, 5.74) is 4.55. The van der Waals surface area contributed by atoms with E-state index in [-0.39, 0.29) is 31.5 Å². The van der Waals surface area contributed by atoms with Gasteiger partial charge >= 0.3 is 33.3 Å². The number of aliphatic hydroxyl groups is 5. The zero-order chi connectivity index (χ0) is 52.0. The number of phosphoric ester groups is 2. The van der Waals surface area contributed by atoms with Crippen molar-refractivity contribution < 1.29 is 81.6 Å². The molecule has 9 N–H and O–H groups in total. The van der Waals surface area contributed by atoms with Crippen LogP contribution in [0.25, 0.3) is 0 Å². The molecule has 0 saturated carbocycles. The molecule has 1 aromatic rings. The van der Waals surface area contributed by atoms with Crippen molar-refractivity contribution in [2.45, 2.75) is 172 Å². The van der Waals surface area contributed by atoms with Gasteiger partial charge in [0, 0.05) is 19.0 Å². The molecule has 11 atom stereocenters. The van der Waals surface area contributed by atoms with Gasteiger partial charge in [0.1, 0.15) is 30.7 Å². The Hall–Kier alpha value is -3.66. The Morgan fingerprint density at radius 2 is 1.43 bits per heavy atom. The third-order valence-electron chi connectivity index (χ3n) is 11.0. The number of carbonyl (C=O) groups excluding carboxylic acids is 2. The third kappa shape index (κ3) is 27.2. The van der Waals surface area contributed by atoms with Crippen molar-refractivity contribution >= 4 is 33.4 Å². The van der Waals surface area contributed by atoms with E-state index in [2.05, 4.69) is 23.1 Å². The van der Waals surface area contributed by atoms with E-state index in [1.54, 1.807) is 36.5 Å². The molecule has 2 heterocycles. The van der Waals surface area contributed by atoms with Gasteiger partial charge in [-0.2, -0.15) is 9.29 Å². The number of allylic oxidation sites excluding steroid dienone is 7. The summed E-state index contributed by atoms with van der Waals surface area (Å²) in [7, 11) is -11.0. The number of nitrogens with zero attached hydrogens (tertiary/aromatic N) is 2. The molecular formula is C47H77N3O18P2. The first-order valence-corrected chi connectivity index (χ1v) is 27.0. The SMILES string of the molecule is CC/C=C\C[C@@H](O)/C=C/C=C/C=C\C=C/[C@H](O)[C@@H](O)CCCC(=O)OC[C@H](COP(=O)(O)OP(=O)(O)OC[C@H]1O[C@@H](n2ccc(N)nc2=O)[C@H](O)[C@@H]1O)OC(=O)CCCCCCCCCCC(C)CC. The van der Waals surface area contributed by atoms with E-state index in [1.807, 2.05) is 19.1 Å². The van der Waals surface area contributed by atoms with Crippen molar-refractivity contribution in [2.75, 3.05) is 25.6 Å². The van der Waals surface area contributed by atoms with Crippen LogP contribution < -0.4 is 11.4 Å². The fourth-order valence-corrected chi connectivity index (χ4v) is 8.86. The number of aromatic nitrogens is 2. The van der Waals surface area contributed by atoms with Crippen molar-refractivity contribution in [3.63, 3.8) is 0 Å². The van der Waals surface area contributed by atoms with Crippen LogP contribution in [-0.4, -0.2) is 119 Å². The van der Waals surface area contributed by atoms with Gasteiger partial charge in [0.05, 0.1) is 31.5 Å². The summed E-state index contributed by atoms with van der Waals surface area (Å²) in [4.78, 5) is 61.8. The number of aliphatic hydroxyl groups excluding tert-OH is 5. The molecule has 0 spiro atoms. The summed E-state index contributed by atoms with van der Waals surface area (Å²) >= 11 is 0. The molecule has 70 heavy (non-hydrogen) atoms. The Labute approximate surface area is 410 Å². The maximum atomic E-state index is 12.8. The molecular weight excluding hydrogens is 956 g/mol. The number of unbranched alkanes of at least 4 members (excludes halogenated alkanes) is 7. The molecule has 2 rings (SSSR count). The average molecular weight is 1030 g/mol. The number of nitrogen functional groups attached to an aromatic ring is 1. The zero-order valence-electron chi connectivity index (χ0n) is 40.5. The van der Waals surface area contributed by atoms with E-state index in [9.17, 15) is 58.8 Å². The third-order valence-corrected chi connectivity index (χ3v) is 13.6. The maximum Gasteiger partial charge on any atom is 0.481 e. The summed E-state index contributed by atoms with van der Waals surface area (Å²) in [6.07, 6.45) is 18.4. The molecule has 3 unspecified atom stereocenters. The predicted molar refractivity (Wildman–Crippen MR) is 260 cm³/mol.